The predicted octanol–water partition coefficient (Wildman–Crippen LogP) is 5.09. The van der Waals surface area contributed by atoms with Crippen LogP contribution in [0.15, 0.2) is 45.6 Å². The maximum absolute atomic E-state index is 13.1. The molecule has 0 N–H and O–H groups in total. The van der Waals surface area contributed by atoms with Crippen molar-refractivity contribution in [2.24, 2.45) is 0 Å². The van der Waals surface area contributed by atoms with E-state index in [4.69, 9.17) is 20.8 Å². The SMILES string of the molecule is CC(=O)C(C)Oc1c(-c2ccc(Cl)cc2)oc2cc(C)c(C)cc2c1=O. The predicted molar refractivity (Wildman–Crippen MR) is 103 cm³/mol. The van der Waals surface area contributed by atoms with E-state index in [0.29, 0.717) is 21.6 Å². The van der Waals surface area contributed by atoms with Gasteiger partial charge in [-0.3, -0.25) is 9.59 Å². The van der Waals surface area contributed by atoms with Gasteiger partial charge in [0.05, 0.1) is 5.39 Å². The Bertz CT molecular complexity index is 1050. The number of rotatable bonds is 4. The highest BCUT2D eigenvalue weighted by atomic mass is 35.5. The van der Waals surface area contributed by atoms with Gasteiger partial charge in [-0.05, 0) is 75.2 Å². The summed E-state index contributed by atoms with van der Waals surface area (Å²) in [5.41, 5.74) is 2.83. The van der Waals surface area contributed by atoms with Gasteiger partial charge >= 0.3 is 0 Å². The van der Waals surface area contributed by atoms with Gasteiger partial charge in [0.1, 0.15) is 5.58 Å². The first-order valence-corrected chi connectivity index (χ1v) is 8.67. The van der Waals surface area contributed by atoms with Crippen molar-refractivity contribution in [2.45, 2.75) is 33.8 Å². The number of Topliss-reactive ketones (excluding diaryl/α,β-unsaturated/α-hetero) is 1. The first-order valence-electron chi connectivity index (χ1n) is 8.29. The smallest absolute Gasteiger partial charge is 0.235 e. The third-order valence-corrected chi connectivity index (χ3v) is 4.69. The number of ketones is 1. The summed E-state index contributed by atoms with van der Waals surface area (Å²) in [5, 5.41) is 1.000. The molecule has 0 saturated carbocycles. The Morgan fingerprint density at radius 1 is 1.12 bits per heavy atom. The van der Waals surface area contributed by atoms with Crippen molar-refractivity contribution < 1.29 is 13.9 Å². The Morgan fingerprint density at radius 2 is 1.73 bits per heavy atom. The molecule has 0 amide bonds. The van der Waals surface area contributed by atoms with Crippen LogP contribution >= 0.6 is 11.6 Å². The van der Waals surface area contributed by atoms with E-state index in [-0.39, 0.29) is 22.7 Å². The van der Waals surface area contributed by atoms with Gasteiger partial charge in [0.2, 0.25) is 11.2 Å². The molecule has 1 atom stereocenters. The molecule has 26 heavy (non-hydrogen) atoms. The van der Waals surface area contributed by atoms with Gasteiger partial charge in [-0.25, -0.2) is 0 Å². The molecule has 4 nitrogen and oxygen atoms in total. The van der Waals surface area contributed by atoms with Crippen LogP contribution in [-0.2, 0) is 4.79 Å². The third kappa shape index (κ3) is 3.37. The molecule has 5 heteroatoms. The summed E-state index contributed by atoms with van der Waals surface area (Å²) in [6, 6.07) is 10.5. The van der Waals surface area contributed by atoms with Crippen LogP contribution in [0.1, 0.15) is 25.0 Å². The normalized spacial score (nSPS) is 12.2. The molecule has 0 saturated heterocycles. The van der Waals surface area contributed by atoms with Gasteiger partial charge in [0.15, 0.2) is 17.6 Å². The quantitative estimate of drug-likeness (QED) is 0.642. The fourth-order valence-corrected chi connectivity index (χ4v) is 2.72. The zero-order valence-electron chi connectivity index (χ0n) is 15.1. The Hall–Kier alpha value is -2.59. The highest BCUT2D eigenvalue weighted by Gasteiger charge is 2.21. The van der Waals surface area contributed by atoms with Gasteiger partial charge < -0.3 is 9.15 Å². The maximum Gasteiger partial charge on any atom is 0.235 e. The van der Waals surface area contributed by atoms with Crippen LogP contribution in [-0.4, -0.2) is 11.9 Å². The lowest BCUT2D eigenvalue weighted by Crippen LogP contribution is -2.24. The Morgan fingerprint density at radius 3 is 2.35 bits per heavy atom. The molecule has 134 valence electrons. The molecular weight excluding hydrogens is 352 g/mol. The zero-order valence-corrected chi connectivity index (χ0v) is 15.8. The van der Waals surface area contributed by atoms with Gasteiger partial charge in [0, 0.05) is 10.6 Å². The molecule has 0 aliphatic rings. The lowest BCUT2D eigenvalue weighted by atomic mass is 10.0. The molecule has 0 bridgehead atoms. The van der Waals surface area contributed by atoms with E-state index in [1.54, 1.807) is 37.3 Å². The molecule has 1 unspecified atom stereocenters. The summed E-state index contributed by atoms with van der Waals surface area (Å²) in [4.78, 5) is 24.7. The van der Waals surface area contributed by atoms with Crippen LogP contribution in [0.2, 0.25) is 5.02 Å². The van der Waals surface area contributed by atoms with Crippen LogP contribution in [0, 0.1) is 13.8 Å². The summed E-state index contributed by atoms with van der Waals surface area (Å²) in [6.45, 7) is 6.92. The number of hydrogen-bond acceptors (Lipinski definition) is 4. The van der Waals surface area contributed by atoms with Gasteiger partial charge in [0.25, 0.3) is 0 Å². The number of benzene rings is 2. The maximum atomic E-state index is 13.1. The monoisotopic (exact) mass is 370 g/mol. The minimum Gasteiger partial charge on any atom is -0.475 e. The van der Waals surface area contributed by atoms with E-state index in [1.165, 1.54) is 6.92 Å². The summed E-state index contributed by atoms with van der Waals surface area (Å²) in [7, 11) is 0. The van der Waals surface area contributed by atoms with Crippen LogP contribution in [0.3, 0.4) is 0 Å². The third-order valence-electron chi connectivity index (χ3n) is 4.44. The second kappa shape index (κ2) is 6.96. The molecular formula is C21H19ClO4. The Balaban J connectivity index is 2.32. The van der Waals surface area contributed by atoms with E-state index in [0.717, 1.165) is 11.1 Å². The molecule has 3 aromatic rings. The number of hydrogen-bond donors (Lipinski definition) is 0. The number of aryl methyl sites for hydroxylation is 2. The standard InChI is InChI=1S/C21H19ClO4/c1-11-9-17-18(10-12(11)2)26-20(15-5-7-16(22)8-6-15)21(19(17)24)25-14(4)13(3)23/h5-10,14H,1-4H3. The number of halogens is 1. The summed E-state index contributed by atoms with van der Waals surface area (Å²) >= 11 is 5.96. The van der Waals surface area contributed by atoms with E-state index in [2.05, 4.69) is 0 Å². The molecule has 0 spiro atoms. The Kier molecular flexibility index (Phi) is 4.88. The lowest BCUT2D eigenvalue weighted by Gasteiger charge is -2.15. The molecule has 2 aromatic carbocycles. The van der Waals surface area contributed by atoms with Crippen LogP contribution in [0.5, 0.6) is 5.75 Å². The average molecular weight is 371 g/mol. The second-order valence-corrected chi connectivity index (χ2v) is 6.84. The van der Waals surface area contributed by atoms with Crippen molar-refractivity contribution in [1.29, 1.82) is 0 Å². The lowest BCUT2D eigenvalue weighted by molar-refractivity contribution is -0.122. The number of fused-ring (bicyclic) bond motifs is 1. The van der Waals surface area contributed by atoms with Crippen molar-refractivity contribution in [3.63, 3.8) is 0 Å². The van der Waals surface area contributed by atoms with Crippen molar-refractivity contribution >= 4 is 28.4 Å². The van der Waals surface area contributed by atoms with E-state index in [1.807, 2.05) is 19.9 Å². The van der Waals surface area contributed by atoms with E-state index < -0.39 is 6.10 Å². The second-order valence-electron chi connectivity index (χ2n) is 6.40. The number of ether oxygens (including phenoxy) is 1. The Labute approximate surface area is 156 Å². The van der Waals surface area contributed by atoms with Crippen molar-refractivity contribution in [3.05, 3.63) is 62.8 Å². The largest absolute Gasteiger partial charge is 0.475 e. The highest BCUT2D eigenvalue weighted by Crippen LogP contribution is 2.33. The van der Waals surface area contributed by atoms with E-state index >= 15 is 0 Å². The number of carbonyl (C=O) groups excluding carboxylic acids is 1. The van der Waals surface area contributed by atoms with Crippen LogP contribution in [0.4, 0.5) is 0 Å². The highest BCUT2D eigenvalue weighted by molar-refractivity contribution is 6.30. The number of carbonyl (C=O) groups is 1. The molecule has 1 heterocycles. The average Bonchev–Trinajstić information content (AvgIpc) is 2.59. The molecule has 0 aliphatic carbocycles. The molecule has 3 rings (SSSR count). The summed E-state index contributed by atoms with van der Waals surface area (Å²) in [6.07, 6.45) is -0.757. The van der Waals surface area contributed by atoms with Crippen molar-refractivity contribution in [2.75, 3.05) is 0 Å². The molecule has 1 aromatic heterocycles. The van der Waals surface area contributed by atoms with Gasteiger partial charge in [-0.1, -0.05) is 11.6 Å². The molecule has 0 aliphatic heterocycles. The minimum absolute atomic E-state index is 0.0331. The van der Waals surface area contributed by atoms with Crippen molar-refractivity contribution in [1.82, 2.24) is 0 Å². The van der Waals surface area contributed by atoms with Crippen LogP contribution < -0.4 is 10.2 Å². The van der Waals surface area contributed by atoms with E-state index in [9.17, 15) is 9.59 Å². The van der Waals surface area contributed by atoms with Crippen molar-refractivity contribution in [3.8, 4) is 17.1 Å². The van der Waals surface area contributed by atoms with Gasteiger partial charge in [-0.15, -0.1) is 0 Å². The molecule has 0 radical (unpaired) electrons. The fraction of sp³-hybridized carbons (Fsp3) is 0.238. The molecule has 0 fully saturated rings. The summed E-state index contributed by atoms with van der Waals surface area (Å²) in [5.74, 6) is 0.146. The first-order chi connectivity index (χ1) is 12.3. The minimum atomic E-state index is -0.757. The first kappa shape index (κ1) is 18.2. The zero-order chi connectivity index (χ0) is 19.0. The summed E-state index contributed by atoms with van der Waals surface area (Å²) < 4.78 is 11.7. The fourth-order valence-electron chi connectivity index (χ4n) is 2.59. The van der Waals surface area contributed by atoms with Crippen LogP contribution in [0.25, 0.3) is 22.3 Å². The van der Waals surface area contributed by atoms with Gasteiger partial charge in [-0.2, -0.15) is 0 Å². The topological polar surface area (TPSA) is 56.5 Å².